The molecule has 0 saturated heterocycles. The van der Waals surface area contributed by atoms with Crippen molar-refractivity contribution in [1.29, 1.82) is 0 Å². The fourth-order valence-electron chi connectivity index (χ4n) is 3.95. The van der Waals surface area contributed by atoms with E-state index in [1.165, 1.54) is 24.4 Å². The molecule has 3 aromatic rings. The summed E-state index contributed by atoms with van der Waals surface area (Å²) in [6.45, 7) is 0.312. The lowest BCUT2D eigenvalue weighted by Crippen LogP contribution is -2.52. The molecule has 2 amide bonds. The van der Waals surface area contributed by atoms with Gasteiger partial charge in [0.1, 0.15) is 17.9 Å². The van der Waals surface area contributed by atoms with Gasteiger partial charge in [-0.05, 0) is 17.7 Å². The number of hydrogen-bond donors (Lipinski definition) is 2. The van der Waals surface area contributed by atoms with Crippen LogP contribution in [0.3, 0.4) is 0 Å². The highest BCUT2D eigenvalue weighted by Gasteiger charge is 2.37. The third kappa shape index (κ3) is 4.45. The number of esters is 1. The van der Waals surface area contributed by atoms with Gasteiger partial charge >= 0.3 is 12.0 Å². The molecular weight excluding hydrogens is 435 g/mol. The van der Waals surface area contributed by atoms with Crippen LogP contribution in [0.1, 0.15) is 28.6 Å². The zero-order valence-electron chi connectivity index (χ0n) is 17.3. The smallest absolute Gasteiger partial charge is 0.328 e. The summed E-state index contributed by atoms with van der Waals surface area (Å²) < 4.78 is 19.7. The van der Waals surface area contributed by atoms with Crippen molar-refractivity contribution in [3.8, 4) is 0 Å². The molecule has 4 rings (SSSR count). The van der Waals surface area contributed by atoms with Gasteiger partial charge in [0.2, 0.25) is 0 Å². The molecule has 2 N–H and O–H groups in total. The molecule has 0 unspecified atom stereocenters. The van der Waals surface area contributed by atoms with Crippen LogP contribution in [0.15, 0.2) is 54.9 Å². The number of nitrogens with zero attached hydrogens (tertiary/aromatic N) is 2. The molecule has 0 bridgehead atoms. The number of H-pyrrole nitrogens is 1. The molecule has 166 valence electrons. The number of nitrogens with one attached hydrogen (secondary N) is 2. The van der Waals surface area contributed by atoms with E-state index >= 15 is 0 Å². The van der Waals surface area contributed by atoms with Gasteiger partial charge in [-0.25, -0.2) is 19.0 Å². The second-order valence-electron chi connectivity index (χ2n) is 7.49. The van der Waals surface area contributed by atoms with E-state index in [-0.39, 0.29) is 17.0 Å². The number of aromatic amines is 1. The first kappa shape index (κ1) is 21.8. The first-order chi connectivity index (χ1) is 15.5. The molecule has 0 fully saturated rings. The number of halogens is 2. The molecule has 9 heteroatoms. The van der Waals surface area contributed by atoms with Crippen LogP contribution in [-0.4, -0.2) is 46.6 Å². The van der Waals surface area contributed by atoms with Gasteiger partial charge < -0.3 is 19.9 Å². The van der Waals surface area contributed by atoms with Crippen LogP contribution in [0, 0.1) is 5.82 Å². The molecule has 0 spiro atoms. The summed E-state index contributed by atoms with van der Waals surface area (Å²) >= 11 is 5.92. The van der Waals surface area contributed by atoms with Crippen molar-refractivity contribution in [2.75, 3.05) is 13.7 Å². The number of fused-ring (bicyclic) bond motifs is 1. The summed E-state index contributed by atoms with van der Waals surface area (Å²) in [5.41, 5.74) is 2.54. The average Bonchev–Trinajstić information content (AvgIpc) is 3.27. The predicted molar refractivity (Wildman–Crippen MR) is 117 cm³/mol. The van der Waals surface area contributed by atoms with E-state index < -0.39 is 29.9 Å². The Labute approximate surface area is 189 Å². The number of aromatic nitrogens is 2. The molecule has 7 nitrogen and oxygen atoms in total. The topological polar surface area (TPSA) is 87.3 Å². The lowest BCUT2D eigenvalue weighted by molar-refractivity contribution is -0.142. The Balaban J connectivity index is 1.63. The van der Waals surface area contributed by atoms with Crippen LogP contribution in [0.2, 0.25) is 5.02 Å². The van der Waals surface area contributed by atoms with E-state index in [0.717, 1.165) is 11.3 Å². The monoisotopic (exact) mass is 456 g/mol. The van der Waals surface area contributed by atoms with Gasteiger partial charge in [0.25, 0.3) is 0 Å². The zero-order chi connectivity index (χ0) is 22.7. The molecular formula is C23H22ClFN4O3. The quantitative estimate of drug-likeness (QED) is 0.574. The highest BCUT2D eigenvalue weighted by atomic mass is 35.5. The van der Waals surface area contributed by atoms with Crippen molar-refractivity contribution in [2.45, 2.75) is 24.9 Å². The summed E-state index contributed by atoms with van der Waals surface area (Å²) in [6, 6.07) is 11.5. The minimum Gasteiger partial charge on any atom is -0.467 e. The molecule has 1 aliphatic heterocycles. The number of hydrogen-bond acceptors (Lipinski definition) is 4. The molecule has 1 aliphatic rings. The minimum absolute atomic E-state index is 0.258. The number of carbonyl (C=O) groups excluding carboxylic acids is 2. The van der Waals surface area contributed by atoms with E-state index in [4.69, 9.17) is 16.3 Å². The van der Waals surface area contributed by atoms with Gasteiger partial charge in [-0.1, -0.05) is 48.0 Å². The van der Waals surface area contributed by atoms with Crippen molar-refractivity contribution in [3.63, 3.8) is 0 Å². The number of ether oxygens (including phenoxy) is 1. The highest BCUT2D eigenvalue weighted by molar-refractivity contribution is 6.30. The molecule has 1 aromatic heterocycles. The standard InChI is InChI=1S/C23H22ClFN4O3/c1-32-22(30)19(11-14-5-3-2-4-6-14)28-23(31)29-10-9-18-20(27-13-26-18)21(29)16-8-7-15(24)12-17(16)25/h2-8,12-13,19,21H,9-11H2,1H3,(H,26,27)(H,28,31)/t19-,21+/m1/s1. The second-order valence-corrected chi connectivity index (χ2v) is 7.93. The SMILES string of the molecule is COC(=O)[C@@H](Cc1ccccc1)NC(=O)N1CCc2[nH]cnc2[C@@H]1c1ccc(Cl)cc1F. The molecule has 2 aromatic carbocycles. The molecule has 2 atom stereocenters. The van der Waals surface area contributed by atoms with Gasteiger partial charge in [-0.2, -0.15) is 0 Å². The Bertz CT molecular complexity index is 1120. The number of rotatable bonds is 5. The summed E-state index contributed by atoms with van der Waals surface area (Å²) in [5, 5.41) is 3.02. The summed E-state index contributed by atoms with van der Waals surface area (Å²) in [4.78, 5) is 34.6. The molecule has 32 heavy (non-hydrogen) atoms. The number of amides is 2. The summed E-state index contributed by atoms with van der Waals surface area (Å²) in [6.07, 6.45) is 2.32. The van der Waals surface area contributed by atoms with E-state index in [9.17, 15) is 14.0 Å². The van der Waals surface area contributed by atoms with E-state index in [1.54, 1.807) is 12.1 Å². The van der Waals surface area contributed by atoms with Gasteiger partial charge in [0.05, 0.1) is 19.1 Å². The second kappa shape index (κ2) is 9.40. The van der Waals surface area contributed by atoms with Crippen LogP contribution in [0.4, 0.5) is 9.18 Å². The molecule has 0 saturated carbocycles. The lowest BCUT2D eigenvalue weighted by atomic mass is 9.95. The average molecular weight is 457 g/mol. The molecule has 2 heterocycles. The predicted octanol–water partition coefficient (Wildman–Crippen LogP) is 3.64. The Morgan fingerprint density at radius 3 is 2.81 bits per heavy atom. The first-order valence-corrected chi connectivity index (χ1v) is 10.5. The van der Waals surface area contributed by atoms with E-state index in [0.29, 0.717) is 18.7 Å². The van der Waals surface area contributed by atoms with Crippen LogP contribution >= 0.6 is 11.6 Å². The van der Waals surface area contributed by atoms with Crippen molar-refractivity contribution in [2.24, 2.45) is 0 Å². The zero-order valence-corrected chi connectivity index (χ0v) is 18.1. The summed E-state index contributed by atoms with van der Waals surface area (Å²) in [7, 11) is 1.27. The first-order valence-electron chi connectivity index (χ1n) is 10.1. The van der Waals surface area contributed by atoms with Gasteiger partial charge in [-0.15, -0.1) is 0 Å². The van der Waals surface area contributed by atoms with Crippen molar-refractivity contribution in [3.05, 3.63) is 88.2 Å². The van der Waals surface area contributed by atoms with Crippen molar-refractivity contribution >= 4 is 23.6 Å². The van der Waals surface area contributed by atoms with Gasteiger partial charge in [0, 0.05) is 35.7 Å². The normalized spacial score (nSPS) is 16.2. The number of carbonyl (C=O) groups is 2. The van der Waals surface area contributed by atoms with Crippen LogP contribution in [0.5, 0.6) is 0 Å². The highest BCUT2D eigenvalue weighted by Crippen LogP contribution is 2.35. The number of urea groups is 1. The largest absolute Gasteiger partial charge is 0.467 e. The Morgan fingerprint density at radius 1 is 1.31 bits per heavy atom. The maximum Gasteiger partial charge on any atom is 0.328 e. The van der Waals surface area contributed by atoms with Crippen LogP contribution in [-0.2, 0) is 22.4 Å². The van der Waals surface area contributed by atoms with Gasteiger partial charge in [0.15, 0.2) is 0 Å². The van der Waals surface area contributed by atoms with Crippen LogP contribution < -0.4 is 5.32 Å². The Kier molecular flexibility index (Phi) is 6.41. The fraction of sp³-hybridized carbons (Fsp3) is 0.261. The minimum atomic E-state index is -0.897. The van der Waals surface area contributed by atoms with Gasteiger partial charge in [-0.3, -0.25) is 0 Å². The fourth-order valence-corrected chi connectivity index (χ4v) is 4.11. The maximum absolute atomic E-state index is 14.8. The Hall–Kier alpha value is -3.39. The maximum atomic E-state index is 14.8. The molecule has 0 radical (unpaired) electrons. The number of imidazole rings is 1. The van der Waals surface area contributed by atoms with Crippen molar-refractivity contribution in [1.82, 2.24) is 20.2 Å². The third-order valence-electron chi connectivity index (χ3n) is 5.51. The number of benzene rings is 2. The van der Waals surface area contributed by atoms with Crippen LogP contribution in [0.25, 0.3) is 0 Å². The lowest BCUT2D eigenvalue weighted by Gasteiger charge is -2.36. The van der Waals surface area contributed by atoms with Crippen molar-refractivity contribution < 1.29 is 18.7 Å². The summed E-state index contributed by atoms with van der Waals surface area (Å²) in [5.74, 6) is -1.10. The Morgan fingerprint density at radius 2 is 2.09 bits per heavy atom. The van der Waals surface area contributed by atoms with E-state index in [1.807, 2.05) is 30.3 Å². The third-order valence-corrected chi connectivity index (χ3v) is 5.74. The van der Waals surface area contributed by atoms with E-state index in [2.05, 4.69) is 15.3 Å². The molecule has 0 aliphatic carbocycles. The number of methoxy groups -OCH3 is 1.